The summed E-state index contributed by atoms with van der Waals surface area (Å²) in [6.45, 7) is 0.517. The van der Waals surface area contributed by atoms with Crippen LogP contribution in [0, 0.1) is 5.82 Å². The van der Waals surface area contributed by atoms with Crippen molar-refractivity contribution in [2.75, 3.05) is 4.90 Å². The number of alkyl halides is 2. The third kappa shape index (κ3) is 4.23. The van der Waals surface area contributed by atoms with E-state index >= 15 is 0 Å². The smallest absolute Gasteiger partial charge is 0.321 e. The summed E-state index contributed by atoms with van der Waals surface area (Å²) in [5, 5.41) is 6.67. The van der Waals surface area contributed by atoms with Crippen molar-refractivity contribution in [1.82, 2.24) is 20.1 Å². The molecule has 4 aromatic rings. The molecule has 35 heavy (non-hydrogen) atoms. The van der Waals surface area contributed by atoms with Gasteiger partial charge in [-0.05, 0) is 42.0 Å². The number of hydrogen-bond donors (Lipinski definition) is 1. The molecule has 1 unspecified atom stereocenters. The molecule has 2 amide bonds. The molecule has 0 aliphatic carbocycles. The van der Waals surface area contributed by atoms with E-state index in [0.29, 0.717) is 35.0 Å². The number of benzene rings is 2. The summed E-state index contributed by atoms with van der Waals surface area (Å²) in [7, 11) is 0. The van der Waals surface area contributed by atoms with E-state index in [1.165, 1.54) is 23.2 Å². The minimum atomic E-state index is -3.58. The SMILES string of the molecule is CC(F)(F)C(=O)NC1CC(=O)N(c2ccc3c(cnn3-c3ccc(F)cc3)n2)[C@@H]1c1ccccc1. The van der Waals surface area contributed by atoms with Gasteiger partial charge >= 0.3 is 5.92 Å². The number of nitrogens with zero attached hydrogens (tertiary/aromatic N) is 4. The summed E-state index contributed by atoms with van der Waals surface area (Å²) >= 11 is 0. The van der Waals surface area contributed by atoms with Crippen molar-refractivity contribution >= 4 is 28.7 Å². The molecular formula is C25H20F3N5O2. The normalized spacial score (nSPS) is 18.3. The Kier molecular flexibility index (Phi) is 5.50. The summed E-state index contributed by atoms with van der Waals surface area (Å²) in [5.74, 6) is -5.45. The molecule has 5 rings (SSSR count). The van der Waals surface area contributed by atoms with Crippen molar-refractivity contribution in [3.05, 3.63) is 84.3 Å². The molecule has 1 N–H and O–H groups in total. The highest BCUT2D eigenvalue weighted by atomic mass is 19.3. The van der Waals surface area contributed by atoms with Gasteiger partial charge < -0.3 is 5.32 Å². The quantitative estimate of drug-likeness (QED) is 0.466. The van der Waals surface area contributed by atoms with Gasteiger partial charge in [0.1, 0.15) is 17.2 Å². The van der Waals surface area contributed by atoms with E-state index < -0.39 is 23.9 Å². The second kappa shape index (κ2) is 8.53. The number of carbonyl (C=O) groups excluding carboxylic acids is 2. The first-order valence-electron chi connectivity index (χ1n) is 10.9. The van der Waals surface area contributed by atoms with Crippen molar-refractivity contribution in [3.8, 4) is 5.69 Å². The number of fused-ring (bicyclic) bond motifs is 1. The molecule has 1 fully saturated rings. The predicted octanol–water partition coefficient (Wildman–Crippen LogP) is 4.18. The Bertz CT molecular complexity index is 1400. The van der Waals surface area contributed by atoms with Gasteiger partial charge in [-0.1, -0.05) is 30.3 Å². The Morgan fingerprint density at radius 1 is 1.06 bits per heavy atom. The molecule has 0 radical (unpaired) electrons. The van der Waals surface area contributed by atoms with Crippen LogP contribution in [-0.2, 0) is 9.59 Å². The second-order valence-corrected chi connectivity index (χ2v) is 8.40. The average molecular weight is 479 g/mol. The van der Waals surface area contributed by atoms with E-state index in [2.05, 4.69) is 15.4 Å². The summed E-state index contributed by atoms with van der Waals surface area (Å²) in [5.41, 5.74) is 2.43. The first kappa shape index (κ1) is 22.6. The number of carbonyl (C=O) groups is 2. The maximum atomic E-state index is 13.6. The number of anilines is 1. The van der Waals surface area contributed by atoms with E-state index in [0.717, 1.165) is 0 Å². The van der Waals surface area contributed by atoms with Crippen LogP contribution in [0.2, 0.25) is 0 Å². The molecule has 1 aliphatic heterocycles. The van der Waals surface area contributed by atoms with Gasteiger partial charge in [0.2, 0.25) is 5.91 Å². The third-order valence-electron chi connectivity index (χ3n) is 5.91. The fraction of sp³-hybridized carbons (Fsp3) is 0.200. The zero-order chi connectivity index (χ0) is 24.7. The van der Waals surface area contributed by atoms with Crippen LogP contribution in [-0.4, -0.2) is 38.5 Å². The van der Waals surface area contributed by atoms with E-state index in [1.807, 2.05) is 0 Å². The van der Waals surface area contributed by atoms with Crippen LogP contribution in [0.5, 0.6) is 0 Å². The maximum Gasteiger partial charge on any atom is 0.321 e. The minimum Gasteiger partial charge on any atom is -0.345 e. The molecular weight excluding hydrogens is 459 g/mol. The molecule has 2 aromatic heterocycles. The lowest BCUT2D eigenvalue weighted by molar-refractivity contribution is -0.143. The lowest BCUT2D eigenvalue weighted by atomic mass is 9.99. The molecule has 2 atom stereocenters. The topological polar surface area (TPSA) is 80.1 Å². The second-order valence-electron chi connectivity index (χ2n) is 8.40. The van der Waals surface area contributed by atoms with Crippen LogP contribution >= 0.6 is 0 Å². The molecule has 0 spiro atoms. The Labute approximate surface area is 198 Å². The molecule has 10 heteroatoms. The van der Waals surface area contributed by atoms with Crippen LogP contribution in [0.25, 0.3) is 16.7 Å². The van der Waals surface area contributed by atoms with Gasteiger partial charge in [0, 0.05) is 13.3 Å². The highest BCUT2D eigenvalue weighted by Gasteiger charge is 2.45. The number of aromatic nitrogens is 3. The average Bonchev–Trinajstić information content (AvgIpc) is 3.39. The number of rotatable bonds is 5. The summed E-state index contributed by atoms with van der Waals surface area (Å²) in [4.78, 5) is 31.1. The number of nitrogens with one attached hydrogen (secondary N) is 1. The summed E-state index contributed by atoms with van der Waals surface area (Å²) in [6, 6.07) is 16.5. The number of hydrogen-bond acceptors (Lipinski definition) is 4. The van der Waals surface area contributed by atoms with Crippen LogP contribution in [0.3, 0.4) is 0 Å². The fourth-order valence-electron chi connectivity index (χ4n) is 4.29. The zero-order valence-electron chi connectivity index (χ0n) is 18.5. The van der Waals surface area contributed by atoms with Crippen LogP contribution in [0.1, 0.15) is 24.9 Å². The zero-order valence-corrected chi connectivity index (χ0v) is 18.5. The number of halogens is 3. The van der Waals surface area contributed by atoms with Crippen molar-refractivity contribution in [3.63, 3.8) is 0 Å². The van der Waals surface area contributed by atoms with Crippen LogP contribution in [0.15, 0.2) is 72.9 Å². The monoisotopic (exact) mass is 479 g/mol. The lowest BCUT2D eigenvalue weighted by Gasteiger charge is -2.29. The molecule has 1 saturated heterocycles. The van der Waals surface area contributed by atoms with Gasteiger partial charge in [-0.2, -0.15) is 13.9 Å². The first-order valence-corrected chi connectivity index (χ1v) is 10.9. The van der Waals surface area contributed by atoms with E-state index in [-0.39, 0.29) is 18.1 Å². The van der Waals surface area contributed by atoms with E-state index in [4.69, 9.17) is 0 Å². The third-order valence-corrected chi connectivity index (χ3v) is 5.91. The maximum absolute atomic E-state index is 13.6. The van der Waals surface area contributed by atoms with Gasteiger partial charge in [0.25, 0.3) is 5.91 Å². The lowest BCUT2D eigenvalue weighted by Crippen LogP contribution is -2.46. The predicted molar refractivity (Wildman–Crippen MR) is 123 cm³/mol. The van der Waals surface area contributed by atoms with Gasteiger partial charge in [-0.15, -0.1) is 0 Å². The fourth-order valence-corrected chi connectivity index (χ4v) is 4.29. The van der Waals surface area contributed by atoms with Crippen molar-refractivity contribution < 1.29 is 22.8 Å². The summed E-state index contributed by atoms with van der Waals surface area (Å²) < 4.78 is 42.1. The Balaban J connectivity index is 1.53. The Morgan fingerprint density at radius 2 is 1.77 bits per heavy atom. The molecule has 3 heterocycles. The van der Waals surface area contributed by atoms with Gasteiger partial charge in [-0.25, -0.2) is 14.1 Å². The molecule has 2 aromatic carbocycles. The molecule has 0 bridgehead atoms. The van der Waals surface area contributed by atoms with Crippen LogP contribution < -0.4 is 10.2 Å². The Morgan fingerprint density at radius 3 is 2.46 bits per heavy atom. The highest BCUT2D eigenvalue weighted by molar-refractivity contribution is 5.98. The van der Waals surface area contributed by atoms with Gasteiger partial charge in [0.15, 0.2) is 0 Å². The van der Waals surface area contributed by atoms with Crippen molar-refractivity contribution in [1.29, 1.82) is 0 Å². The van der Waals surface area contributed by atoms with Gasteiger partial charge in [0.05, 0.1) is 29.5 Å². The molecule has 1 aliphatic rings. The number of amides is 2. The standard InChI is InChI=1S/C25H20F3N5O2/c1-25(27,28)24(35)31-18-13-22(34)32(23(18)15-5-3-2-4-6-15)21-12-11-20-19(30-21)14-29-33(20)17-9-7-16(26)8-10-17/h2-12,14,18,23H,13H2,1H3,(H,31,35)/t18?,23-/m1/s1. The largest absolute Gasteiger partial charge is 0.345 e. The van der Waals surface area contributed by atoms with Crippen molar-refractivity contribution in [2.24, 2.45) is 0 Å². The van der Waals surface area contributed by atoms with E-state index in [9.17, 15) is 22.8 Å². The van der Waals surface area contributed by atoms with E-state index in [1.54, 1.807) is 59.3 Å². The molecule has 0 saturated carbocycles. The molecule has 178 valence electrons. The molecule has 7 nitrogen and oxygen atoms in total. The van der Waals surface area contributed by atoms with Crippen LogP contribution in [0.4, 0.5) is 19.0 Å². The highest BCUT2D eigenvalue weighted by Crippen LogP contribution is 2.37. The first-order chi connectivity index (χ1) is 16.7. The summed E-state index contributed by atoms with van der Waals surface area (Å²) in [6.07, 6.45) is 1.37. The Hall–Kier alpha value is -4.21. The van der Waals surface area contributed by atoms with Gasteiger partial charge in [-0.3, -0.25) is 14.5 Å². The van der Waals surface area contributed by atoms with Crippen molar-refractivity contribution in [2.45, 2.75) is 31.4 Å². The minimum absolute atomic E-state index is 0.157. The number of pyridine rings is 1.